The quantitative estimate of drug-likeness (QED) is 0.525. The zero-order valence-corrected chi connectivity index (χ0v) is 19.3. The van der Waals surface area contributed by atoms with Gasteiger partial charge in [0.15, 0.2) is 5.82 Å². The van der Waals surface area contributed by atoms with Gasteiger partial charge in [0.25, 0.3) is 0 Å². The van der Waals surface area contributed by atoms with Crippen LogP contribution in [0.5, 0.6) is 5.75 Å². The van der Waals surface area contributed by atoms with E-state index in [0.717, 1.165) is 6.42 Å². The molecule has 1 aromatic carbocycles. The van der Waals surface area contributed by atoms with Crippen LogP contribution in [0.3, 0.4) is 0 Å². The summed E-state index contributed by atoms with van der Waals surface area (Å²) in [6.45, 7) is 7.27. The van der Waals surface area contributed by atoms with Gasteiger partial charge >= 0.3 is 0 Å². The van der Waals surface area contributed by atoms with Gasteiger partial charge in [0, 0.05) is 31.3 Å². The number of aromatic nitrogens is 5. The number of hydrogen-bond donors (Lipinski definition) is 1. The van der Waals surface area contributed by atoms with Crippen molar-refractivity contribution in [1.82, 2.24) is 30.5 Å². The summed E-state index contributed by atoms with van der Waals surface area (Å²) in [6, 6.07) is 9.66. The van der Waals surface area contributed by atoms with Gasteiger partial charge in [-0.25, -0.2) is 4.39 Å². The first kappa shape index (κ1) is 23.2. The van der Waals surface area contributed by atoms with E-state index in [1.54, 1.807) is 17.9 Å². The molecule has 1 fully saturated rings. The molecule has 0 radical (unpaired) electrons. The van der Waals surface area contributed by atoms with Gasteiger partial charge in [-0.3, -0.25) is 10.3 Å². The minimum Gasteiger partial charge on any atom is -0.497 e. The van der Waals surface area contributed by atoms with Crippen LogP contribution in [0.25, 0.3) is 5.69 Å². The van der Waals surface area contributed by atoms with E-state index in [1.165, 1.54) is 6.07 Å². The van der Waals surface area contributed by atoms with E-state index in [1.807, 2.05) is 45.0 Å². The fourth-order valence-corrected chi connectivity index (χ4v) is 4.02. The molecule has 1 aliphatic rings. The zero-order valence-electron chi connectivity index (χ0n) is 19.3. The number of nitrogens with one attached hydrogen (secondary N) is 1. The lowest BCUT2D eigenvalue weighted by atomic mass is 10.0. The van der Waals surface area contributed by atoms with E-state index in [2.05, 4.69) is 25.8 Å². The van der Waals surface area contributed by atoms with Crippen molar-refractivity contribution in [2.75, 3.05) is 26.9 Å². The minimum absolute atomic E-state index is 0.0166. The van der Waals surface area contributed by atoms with Crippen LogP contribution >= 0.6 is 0 Å². The monoisotopic (exact) mass is 456 g/mol. The van der Waals surface area contributed by atoms with E-state index in [0.29, 0.717) is 42.7 Å². The molecule has 0 aliphatic carbocycles. The molecule has 2 aromatic heterocycles. The molecular weight excluding hydrogens is 427 g/mol. The van der Waals surface area contributed by atoms with Crippen molar-refractivity contribution >= 4 is 0 Å². The molecule has 0 saturated carbocycles. The minimum atomic E-state index is -0.723. The summed E-state index contributed by atoms with van der Waals surface area (Å²) >= 11 is 0. The molecule has 0 bridgehead atoms. The second-order valence-corrected chi connectivity index (χ2v) is 8.44. The van der Waals surface area contributed by atoms with Crippen molar-refractivity contribution in [2.45, 2.75) is 44.9 Å². The van der Waals surface area contributed by atoms with Gasteiger partial charge < -0.3 is 14.2 Å². The molecule has 9 nitrogen and oxygen atoms in total. The van der Waals surface area contributed by atoms with Crippen molar-refractivity contribution in [3.8, 4) is 11.4 Å². The summed E-state index contributed by atoms with van der Waals surface area (Å²) in [4.78, 5) is 4.48. The van der Waals surface area contributed by atoms with E-state index in [4.69, 9.17) is 14.2 Å². The van der Waals surface area contributed by atoms with Crippen LogP contribution < -0.4 is 10.1 Å². The molecule has 176 valence electrons. The van der Waals surface area contributed by atoms with E-state index in [-0.39, 0.29) is 11.8 Å². The van der Waals surface area contributed by atoms with Crippen LogP contribution in [0.15, 0.2) is 36.4 Å². The summed E-state index contributed by atoms with van der Waals surface area (Å²) in [7, 11) is 1.59. The van der Waals surface area contributed by atoms with Gasteiger partial charge in [-0.1, -0.05) is 6.07 Å². The van der Waals surface area contributed by atoms with Crippen molar-refractivity contribution in [2.24, 2.45) is 0 Å². The zero-order chi connectivity index (χ0) is 23.4. The standard InChI is InChI=1S/C23H29FN6O3/c1-15(2)33-23(10-11-32-14-23)13-25-21(20-19(24)9-8-16(3)26-20)22-27-28-29-30(22)17-6-5-7-18(12-17)31-4/h5-9,12,15,21,25H,10-11,13-14H2,1-4H3. The average Bonchev–Trinajstić information content (AvgIpc) is 3.46. The molecule has 2 unspecified atom stereocenters. The van der Waals surface area contributed by atoms with Gasteiger partial charge in [-0.05, 0) is 55.5 Å². The Bertz CT molecular complexity index is 1080. The average molecular weight is 457 g/mol. The van der Waals surface area contributed by atoms with Gasteiger partial charge in [0.2, 0.25) is 0 Å². The van der Waals surface area contributed by atoms with Crippen LogP contribution in [-0.4, -0.2) is 63.8 Å². The van der Waals surface area contributed by atoms with E-state index < -0.39 is 17.5 Å². The van der Waals surface area contributed by atoms with Gasteiger partial charge in [-0.15, -0.1) is 5.10 Å². The van der Waals surface area contributed by atoms with Crippen molar-refractivity contribution in [1.29, 1.82) is 0 Å². The molecule has 0 spiro atoms. The molecular formula is C23H29FN6O3. The molecule has 10 heteroatoms. The Hall–Kier alpha value is -2.95. The Morgan fingerprint density at radius 1 is 1.27 bits per heavy atom. The van der Waals surface area contributed by atoms with Gasteiger partial charge in [0.1, 0.15) is 28.9 Å². The molecule has 3 heterocycles. The number of hydrogen-bond acceptors (Lipinski definition) is 8. The second-order valence-electron chi connectivity index (χ2n) is 8.44. The first-order valence-electron chi connectivity index (χ1n) is 11.0. The predicted octanol–water partition coefficient (Wildman–Crippen LogP) is 2.78. The molecule has 1 N–H and O–H groups in total. The topological polar surface area (TPSA) is 96.2 Å². The lowest BCUT2D eigenvalue weighted by molar-refractivity contribution is -0.0810. The number of aryl methyl sites for hydroxylation is 1. The van der Waals surface area contributed by atoms with Crippen LogP contribution in [0, 0.1) is 12.7 Å². The lowest BCUT2D eigenvalue weighted by Gasteiger charge is -2.32. The van der Waals surface area contributed by atoms with Crippen molar-refractivity contribution in [3.05, 3.63) is 59.4 Å². The third-order valence-corrected chi connectivity index (χ3v) is 5.52. The number of pyridine rings is 1. The number of ether oxygens (including phenoxy) is 3. The van der Waals surface area contributed by atoms with Crippen molar-refractivity contribution < 1.29 is 18.6 Å². The predicted molar refractivity (Wildman–Crippen MR) is 119 cm³/mol. The van der Waals surface area contributed by atoms with Crippen LogP contribution in [-0.2, 0) is 9.47 Å². The maximum absolute atomic E-state index is 15.0. The summed E-state index contributed by atoms with van der Waals surface area (Å²) in [5.74, 6) is 0.615. The third-order valence-electron chi connectivity index (χ3n) is 5.52. The number of methoxy groups -OCH3 is 1. The Morgan fingerprint density at radius 3 is 2.85 bits per heavy atom. The Kier molecular flexibility index (Phi) is 6.96. The Morgan fingerprint density at radius 2 is 2.12 bits per heavy atom. The molecule has 33 heavy (non-hydrogen) atoms. The smallest absolute Gasteiger partial charge is 0.179 e. The fourth-order valence-electron chi connectivity index (χ4n) is 4.02. The van der Waals surface area contributed by atoms with E-state index in [9.17, 15) is 0 Å². The highest BCUT2D eigenvalue weighted by Crippen LogP contribution is 2.29. The Balaban J connectivity index is 1.73. The first-order chi connectivity index (χ1) is 15.9. The number of rotatable bonds is 9. The highest BCUT2D eigenvalue weighted by atomic mass is 19.1. The summed E-state index contributed by atoms with van der Waals surface area (Å²) in [5.41, 5.74) is 1.07. The fraction of sp³-hybridized carbons (Fsp3) is 0.478. The molecule has 2 atom stereocenters. The van der Waals surface area contributed by atoms with Crippen LogP contribution in [0.4, 0.5) is 4.39 Å². The normalized spacial score (nSPS) is 19.2. The van der Waals surface area contributed by atoms with Crippen LogP contribution in [0.1, 0.15) is 43.5 Å². The maximum atomic E-state index is 15.0. The van der Waals surface area contributed by atoms with E-state index >= 15 is 4.39 Å². The molecule has 3 aromatic rings. The lowest BCUT2D eigenvalue weighted by Crippen LogP contribution is -2.47. The maximum Gasteiger partial charge on any atom is 0.179 e. The largest absolute Gasteiger partial charge is 0.497 e. The number of benzene rings is 1. The summed E-state index contributed by atoms with van der Waals surface area (Å²) in [6.07, 6.45) is 0.748. The van der Waals surface area contributed by atoms with Gasteiger partial charge in [-0.2, -0.15) is 4.68 Å². The summed E-state index contributed by atoms with van der Waals surface area (Å²) in [5, 5.41) is 15.7. The molecule has 1 aliphatic heterocycles. The summed E-state index contributed by atoms with van der Waals surface area (Å²) < 4.78 is 33.8. The third kappa shape index (κ3) is 5.18. The Labute approximate surface area is 192 Å². The van der Waals surface area contributed by atoms with Crippen molar-refractivity contribution in [3.63, 3.8) is 0 Å². The number of tetrazole rings is 1. The molecule has 4 rings (SSSR count). The molecule has 0 amide bonds. The highest BCUT2D eigenvalue weighted by Gasteiger charge is 2.38. The van der Waals surface area contributed by atoms with Gasteiger partial charge in [0.05, 0.1) is 25.5 Å². The highest BCUT2D eigenvalue weighted by molar-refractivity contribution is 5.39. The molecule has 1 saturated heterocycles. The number of halogens is 1. The number of nitrogens with zero attached hydrogens (tertiary/aromatic N) is 5. The van der Waals surface area contributed by atoms with Crippen LogP contribution in [0.2, 0.25) is 0 Å². The second kappa shape index (κ2) is 9.90. The first-order valence-corrected chi connectivity index (χ1v) is 11.0. The SMILES string of the molecule is COc1cccc(-n2nnnc2C(NCC2(OC(C)C)CCOC2)c2nc(C)ccc2F)c1.